The number of hydrogen-bond donors (Lipinski definition) is 1. The van der Waals surface area contributed by atoms with Crippen molar-refractivity contribution < 1.29 is 23.1 Å². The first-order chi connectivity index (χ1) is 11.0. The number of ketones is 1. The van der Waals surface area contributed by atoms with Gasteiger partial charge in [0.25, 0.3) is 0 Å². The SMILES string of the molecule is COc1ccc(C2=C(CO)S(=O)(=O)c3ccccc3C2=O)cc1. The summed E-state index contributed by atoms with van der Waals surface area (Å²) in [5, 5.41) is 9.59. The van der Waals surface area contributed by atoms with Gasteiger partial charge in [0.05, 0.1) is 23.5 Å². The number of allylic oxidation sites excluding steroid dienone is 1. The van der Waals surface area contributed by atoms with Crippen molar-refractivity contribution in [3.8, 4) is 5.75 Å². The molecule has 5 nitrogen and oxygen atoms in total. The lowest BCUT2D eigenvalue weighted by Gasteiger charge is -2.21. The molecule has 1 aliphatic rings. The molecule has 23 heavy (non-hydrogen) atoms. The molecule has 1 N–H and O–H groups in total. The summed E-state index contributed by atoms with van der Waals surface area (Å²) in [4.78, 5) is 12.4. The van der Waals surface area contributed by atoms with Crippen LogP contribution in [0, 0.1) is 0 Å². The van der Waals surface area contributed by atoms with Crippen LogP contribution in [0.2, 0.25) is 0 Å². The number of carbonyl (C=O) groups excluding carboxylic acids is 1. The molecule has 0 saturated heterocycles. The Labute approximate surface area is 133 Å². The van der Waals surface area contributed by atoms with Crippen molar-refractivity contribution in [2.75, 3.05) is 13.7 Å². The lowest BCUT2D eigenvalue weighted by atomic mass is 9.95. The van der Waals surface area contributed by atoms with Crippen LogP contribution in [0.5, 0.6) is 5.75 Å². The number of methoxy groups -OCH3 is 1. The summed E-state index contributed by atoms with van der Waals surface area (Å²) in [7, 11) is -2.39. The molecule has 0 atom stereocenters. The second-order valence-corrected chi connectivity index (χ2v) is 6.95. The van der Waals surface area contributed by atoms with E-state index in [1.165, 1.54) is 19.2 Å². The van der Waals surface area contributed by atoms with Crippen molar-refractivity contribution in [2.45, 2.75) is 4.90 Å². The van der Waals surface area contributed by atoms with Crippen molar-refractivity contribution in [1.82, 2.24) is 0 Å². The van der Waals surface area contributed by atoms with E-state index in [1.807, 2.05) is 0 Å². The van der Waals surface area contributed by atoms with E-state index >= 15 is 0 Å². The molecular formula is C17H14O5S. The maximum absolute atomic E-state index is 12.8. The first-order valence-corrected chi connectivity index (χ1v) is 8.36. The molecule has 0 aliphatic carbocycles. The average Bonchev–Trinajstić information content (AvgIpc) is 2.58. The molecule has 0 bridgehead atoms. The number of sulfone groups is 1. The fourth-order valence-electron chi connectivity index (χ4n) is 2.63. The molecule has 1 aliphatic heterocycles. The molecule has 3 rings (SSSR count). The largest absolute Gasteiger partial charge is 0.497 e. The predicted octanol–water partition coefficient (Wildman–Crippen LogP) is 2.07. The first-order valence-electron chi connectivity index (χ1n) is 6.88. The average molecular weight is 330 g/mol. The van der Waals surface area contributed by atoms with Gasteiger partial charge in [-0.05, 0) is 29.8 Å². The van der Waals surface area contributed by atoms with E-state index in [4.69, 9.17) is 4.74 Å². The number of carbonyl (C=O) groups is 1. The topological polar surface area (TPSA) is 80.7 Å². The predicted molar refractivity (Wildman–Crippen MR) is 85.0 cm³/mol. The highest BCUT2D eigenvalue weighted by Crippen LogP contribution is 2.37. The van der Waals surface area contributed by atoms with Crippen molar-refractivity contribution >= 4 is 21.2 Å². The first kappa shape index (κ1) is 15.5. The van der Waals surface area contributed by atoms with E-state index in [1.54, 1.807) is 36.4 Å². The minimum Gasteiger partial charge on any atom is -0.497 e. The highest BCUT2D eigenvalue weighted by atomic mass is 32.2. The molecule has 6 heteroatoms. The van der Waals surface area contributed by atoms with E-state index in [2.05, 4.69) is 0 Å². The second-order valence-electron chi connectivity index (χ2n) is 5.01. The van der Waals surface area contributed by atoms with E-state index in [9.17, 15) is 18.3 Å². The van der Waals surface area contributed by atoms with Crippen LogP contribution in [-0.2, 0) is 9.84 Å². The van der Waals surface area contributed by atoms with Gasteiger partial charge in [0.15, 0.2) is 5.78 Å². The Morgan fingerprint density at radius 1 is 1.04 bits per heavy atom. The van der Waals surface area contributed by atoms with Gasteiger partial charge in [-0.1, -0.05) is 24.3 Å². The Hall–Kier alpha value is -2.44. The Balaban J connectivity index is 2.29. The summed E-state index contributed by atoms with van der Waals surface area (Å²) >= 11 is 0. The number of rotatable bonds is 3. The van der Waals surface area contributed by atoms with Crippen LogP contribution in [0.15, 0.2) is 58.3 Å². The summed E-state index contributed by atoms with van der Waals surface area (Å²) in [5.74, 6) is 0.177. The van der Waals surface area contributed by atoms with Gasteiger partial charge in [-0.15, -0.1) is 0 Å². The van der Waals surface area contributed by atoms with E-state index in [-0.39, 0.29) is 20.9 Å². The zero-order valence-corrected chi connectivity index (χ0v) is 13.1. The number of ether oxygens (including phenoxy) is 1. The number of hydrogen-bond acceptors (Lipinski definition) is 5. The van der Waals surface area contributed by atoms with Gasteiger partial charge in [-0.25, -0.2) is 8.42 Å². The summed E-state index contributed by atoms with van der Waals surface area (Å²) in [6, 6.07) is 12.5. The van der Waals surface area contributed by atoms with E-state index in [0.717, 1.165) is 0 Å². The van der Waals surface area contributed by atoms with Crippen LogP contribution in [0.4, 0.5) is 0 Å². The van der Waals surface area contributed by atoms with Gasteiger partial charge in [-0.3, -0.25) is 4.79 Å². The monoisotopic (exact) mass is 330 g/mol. The zero-order chi connectivity index (χ0) is 16.6. The third kappa shape index (κ3) is 2.36. The third-order valence-electron chi connectivity index (χ3n) is 3.77. The Kier molecular flexibility index (Phi) is 3.79. The van der Waals surface area contributed by atoms with Crippen LogP contribution in [0.25, 0.3) is 5.57 Å². The normalized spacial score (nSPS) is 16.2. The maximum atomic E-state index is 12.8. The minimum absolute atomic E-state index is 0.00820. The molecule has 0 unspecified atom stereocenters. The molecule has 0 amide bonds. The molecule has 0 spiro atoms. The Bertz CT molecular complexity index is 908. The van der Waals surface area contributed by atoms with Crippen molar-refractivity contribution in [2.24, 2.45) is 0 Å². The molecule has 1 heterocycles. The highest BCUT2D eigenvalue weighted by Gasteiger charge is 2.36. The summed E-state index contributed by atoms with van der Waals surface area (Å²) in [6.07, 6.45) is 0. The quantitative estimate of drug-likeness (QED) is 0.932. The molecule has 0 saturated carbocycles. The number of aliphatic hydroxyl groups is 1. The maximum Gasteiger partial charge on any atom is 0.206 e. The standard InChI is InChI=1S/C17H14O5S/c1-22-12-8-6-11(7-9-12)16-15(10-18)23(20,21)14-5-3-2-4-13(14)17(16)19/h2-9,18H,10H2,1H3. The van der Waals surface area contributed by atoms with Crippen LogP contribution < -0.4 is 4.74 Å². The summed E-state index contributed by atoms with van der Waals surface area (Å²) in [5.41, 5.74) is 0.558. The highest BCUT2D eigenvalue weighted by molar-refractivity contribution is 7.95. The van der Waals surface area contributed by atoms with Gasteiger partial charge in [-0.2, -0.15) is 0 Å². The van der Waals surface area contributed by atoms with Crippen LogP contribution in [-0.4, -0.2) is 33.0 Å². The fraction of sp³-hybridized carbons (Fsp3) is 0.118. The van der Waals surface area contributed by atoms with E-state index in [0.29, 0.717) is 11.3 Å². The molecule has 2 aromatic carbocycles. The molecule has 0 fully saturated rings. The lowest BCUT2D eigenvalue weighted by molar-refractivity contribution is 0.105. The van der Waals surface area contributed by atoms with Gasteiger partial charge in [0, 0.05) is 11.1 Å². The molecule has 2 aromatic rings. The van der Waals surface area contributed by atoms with Crippen molar-refractivity contribution in [3.05, 3.63) is 64.6 Å². The summed E-state index contributed by atoms with van der Waals surface area (Å²) < 4.78 is 30.5. The van der Waals surface area contributed by atoms with Crippen molar-refractivity contribution in [1.29, 1.82) is 0 Å². The second kappa shape index (κ2) is 5.64. The molecule has 0 radical (unpaired) electrons. The summed E-state index contributed by atoms with van der Waals surface area (Å²) in [6.45, 7) is -0.732. The number of aliphatic hydroxyl groups excluding tert-OH is 1. The lowest BCUT2D eigenvalue weighted by Crippen LogP contribution is -2.23. The Morgan fingerprint density at radius 3 is 2.30 bits per heavy atom. The van der Waals surface area contributed by atoms with Gasteiger partial charge < -0.3 is 9.84 Å². The smallest absolute Gasteiger partial charge is 0.206 e. The molecule has 118 valence electrons. The van der Waals surface area contributed by atoms with Gasteiger partial charge in [0.2, 0.25) is 9.84 Å². The number of benzene rings is 2. The Morgan fingerprint density at radius 2 is 1.70 bits per heavy atom. The minimum atomic E-state index is -3.90. The van der Waals surface area contributed by atoms with Gasteiger partial charge >= 0.3 is 0 Å². The van der Waals surface area contributed by atoms with Crippen LogP contribution >= 0.6 is 0 Å². The number of Topliss-reactive ketones (excluding diaryl/α,β-unsaturated/α-hetero) is 1. The number of fused-ring (bicyclic) bond motifs is 1. The van der Waals surface area contributed by atoms with Crippen molar-refractivity contribution in [3.63, 3.8) is 0 Å². The van der Waals surface area contributed by atoms with E-state index < -0.39 is 22.2 Å². The fourth-order valence-corrected chi connectivity index (χ4v) is 4.25. The molecule has 0 aromatic heterocycles. The van der Waals surface area contributed by atoms with Crippen LogP contribution in [0.3, 0.4) is 0 Å². The van der Waals surface area contributed by atoms with Gasteiger partial charge in [0.1, 0.15) is 5.75 Å². The zero-order valence-electron chi connectivity index (χ0n) is 12.3. The third-order valence-corrected chi connectivity index (χ3v) is 5.69. The molecular weight excluding hydrogens is 316 g/mol. The van der Waals surface area contributed by atoms with Crippen LogP contribution in [0.1, 0.15) is 15.9 Å².